The van der Waals surface area contributed by atoms with Gasteiger partial charge in [0.1, 0.15) is 6.04 Å². The highest BCUT2D eigenvalue weighted by molar-refractivity contribution is 8.00. The average molecular weight is 330 g/mol. The Bertz CT molecular complexity index is 586. The van der Waals surface area contributed by atoms with Crippen molar-refractivity contribution in [3.05, 3.63) is 27.1 Å². The van der Waals surface area contributed by atoms with E-state index < -0.39 is 22.8 Å². The van der Waals surface area contributed by atoms with E-state index in [0.717, 1.165) is 11.3 Å². The zero-order valence-electron chi connectivity index (χ0n) is 11.4. The lowest BCUT2D eigenvalue weighted by Gasteiger charge is -2.29. The van der Waals surface area contributed by atoms with Crippen molar-refractivity contribution < 1.29 is 19.6 Å². The van der Waals surface area contributed by atoms with Gasteiger partial charge in [0.15, 0.2) is 0 Å². The Morgan fingerprint density at radius 2 is 2.19 bits per heavy atom. The Morgan fingerprint density at radius 1 is 1.52 bits per heavy atom. The number of hydrogen-bond donors (Lipinski definition) is 1. The molecule has 1 aliphatic heterocycles. The van der Waals surface area contributed by atoms with Gasteiger partial charge in [-0.15, -0.1) is 11.8 Å². The van der Waals surface area contributed by atoms with Gasteiger partial charge in [-0.2, -0.15) is 0 Å². The van der Waals surface area contributed by atoms with Crippen molar-refractivity contribution >= 4 is 40.0 Å². The van der Waals surface area contributed by atoms with E-state index in [1.165, 1.54) is 28.1 Å². The molecule has 7 nitrogen and oxygen atoms in total. The Labute approximate surface area is 129 Å². The fourth-order valence-electron chi connectivity index (χ4n) is 2.17. The highest BCUT2D eigenvalue weighted by atomic mass is 32.2. The van der Waals surface area contributed by atoms with Gasteiger partial charge in [0.05, 0.1) is 15.9 Å². The minimum atomic E-state index is -1.05. The lowest BCUT2D eigenvalue weighted by molar-refractivity contribution is -0.380. The average Bonchev–Trinajstić information content (AvgIpc) is 3.04. The van der Waals surface area contributed by atoms with Crippen molar-refractivity contribution in [2.24, 2.45) is 5.92 Å². The first-order chi connectivity index (χ1) is 9.82. The number of carboxylic acids is 1. The zero-order valence-corrected chi connectivity index (χ0v) is 13.0. The Morgan fingerprint density at radius 3 is 2.67 bits per heavy atom. The first kappa shape index (κ1) is 15.8. The van der Waals surface area contributed by atoms with Gasteiger partial charge >= 0.3 is 11.0 Å². The van der Waals surface area contributed by atoms with E-state index in [0.29, 0.717) is 5.75 Å². The van der Waals surface area contributed by atoms with Gasteiger partial charge in [0.25, 0.3) is 5.91 Å². The molecule has 2 rings (SSSR count). The molecule has 21 heavy (non-hydrogen) atoms. The van der Waals surface area contributed by atoms with Crippen LogP contribution in [-0.4, -0.2) is 44.0 Å². The molecule has 1 aliphatic rings. The topological polar surface area (TPSA) is 101 Å². The van der Waals surface area contributed by atoms with E-state index in [-0.39, 0.29) is 21.9 Å². The highest BCUT2D eigenvalue weighted by Crippen LogP contribution is 2.36. The highest BCUT2D eigenvalue weighted by Gasteiger charge is 2.43. The third kappa shape index (κ3) is 3.03. The van der Waals surface area contributed by atoms with Crippen LogP contribution in [0.2, 0.25) is 0 Å². The van der Waals surface area contributed by atoms with E-state index in [4.69, 9.17) is 0 Å². The summed E-state index contributed by atoms with van der Waals surface area (Å²) >= 11 is 2.29. The number of amides is 1. The first-order valence-corrected chi connectivity index (χ1v) is 8.15. The fourth-order valence-corrected chi connectivity index (χ4v) is 4.34. The summed E-state index contributed by atoms with van der Waals surface area (Å²) in [5, 5.41) is 21.0. The Balaban J connectivity index is 2.31. The first-order valence-electron chi connectivity index (χ1n) is 6.23. The van der Waals surface area contributed by atoms with Crippen LogP contribution in [0.4, 0.5) is 5.00 Å². The largest absolute Gasteiger partial charge is 0.480 e. The normalized spacial score (nSPS) is 21.8. The molecule has 2 atom stereocenters. The maximum atomic E-state index is 12.5. The van der Waals surface area contributed by atoms with Gasteiger partial charge in [-0.3, -0.25) is 14.9 Å². The number of rotatable bonds is 4. The van der Waals surface area contributed by atoms with Crippen LogP contribution in [-0.2, 0) is 4.79 Å². The van der Waals surface area contributed by atoms with E-state index in [1.807, 2.05) is 13.8 Å². The van der Waals surface area contributed by atoms with Crippen LogP contribution in [0.15, 0.2) is 11.4 Å². The van der Waals surface area contributed by atoms with Crippen LogP contribution < -0.4 is 0 Å². The summed E-state index contributed by atoms with van der Waals surface area (Å²) in [5.41, 5.74) is 0.172. The van der Waals surface area contributed by atoms with Crippen molar-refractivity contribution in [3.63, 3.8) is 0 Å². The van der Waals surface area contributed by atoms with E-state index in [9.17, 15) is 24.8 Å². The molecule has 1 fully saturated rings. The quantitative estimate of drug-likeness (QED) is 0.671. The molecule has 114 valence electrons. The summed E-state index contributed by atoms with van der Waals surface area (Å²) in [6, 6.07) is 0.306. The van der Waals surface area contributed by atoms with E-state index in [2.05, 4.69) is 0 Å². The number of carbonyl (C=O) groups is 2. The van der Waals surface area contributed by atoms with Crippen molar-refractivity contribution in [2.75, 3.05) is 5.75 Å². The minimum Gasteiger partial charge on any atom is -0.480 e. The number of carboxylic acid groups (broad SMARTS) is 1. The second kappa shape index (κ2) is 6.02. The lowest BCUT2D eigenvalue weighted by atomic mass is 10.1. The molecule has 1 aromatic heterocycles. The van der Waals surface area contributed by atoms with Gasteiger partial charge < -0.3 is 10.0 Å². The monoisotopic (exact) mass is 330 g/mol. The number of aliphatic carboxylic acids is 1. The summed E-state index contributed by atoms with van der Waals surface area (Å²) < 4.78 is 0. The van der Waals surface area contributed by atoms with Crippen LogP contribution >= 0.6 is 23.1 Å². The van der Waals surface area contributed by atoms with Gasteiger partial charge in [0, 0.05) is 17.2 Å². The van der Waals surface area contributed by atoms with Crippen LogP contribution in [0, 0.1) is 16.0 Å². The van der Waals surface area contributed by atoms with Crippen molar-refractivity contribution in [1.29, 1.82) is 0 Å². The Kier molecular flexibility index (Phi) is 4.52. The molecule has 0 bridgehead atoms. The maximum absolute atomic E-state index is 12.5. The molecular formula is C12H14N2O5S2. The fraction of sp³-hybridized carbons (Fsp3) is 0.500. The SMILES string of the molecule is CC(C)C1SCC(C(=O)O)N1C(=O)c1csc([N+](=O)[O-])c1. The smallest absolute Gasteiger partial charge is 0.327 e. The van der Waals surface area contributed by atoms with Crippen LogP contribution in [0.5, 0.6) is 0 Å². The van der Waals surface area contributed by atoms with Crippen LogP contribution in [0.1, 0.15) is 24.2 Å². The molecule has 1 saturated heterocycles. The lowest BCUT2D eigenvalue weighted by Crippen LogP contribution is -2.47. The standard InChI is InChI=1S/C12H14N2O5S2/c1-6(2)11-13(8(5-21-11)12(16)17)10(15)7-3-9(14(18)19)20-4-7/h3-4,6,8,11H,5H2,1-2H3,(H,16,17). The summed E-state index contributed by atoms with van der Waals surface area (Å²) in [7, 11) is 0. The van der Waals surface area contributed by atoms with Crippen molar-refractivity contribution in [2.45, 2.75) is 25.3 Å². The Hall–Kier alpha value is -1.61. The van der Waals surface area contributed by atoms with Crippen LogP contribution in [0.25, 0.3) is 0 Å². The molecule has 0 spiro atoms. The molecular weight excluding hydrogens is 316 g/mol. The summed E-state index contributed by atoms with van der Waals surface area (Å²) in [6.07, 6.45) is 0. The third-order valence-electron chi connectivity index (χ3n) is 3.14. The molecule has 0 radical (unpaired) electrons. The van der Waals surface area contributed by atoms with Gasteiger partial charge in [0.2, 0.25) is 0 Å². The maximum Gasteiger partial charge on any atom is 0.327 e. The third-order valence-corrected chi connectivity index (χ3v) is 5.64. The number of carbonyl (C=O) groups excluding carboxylic acids is 1. The molecule has 0 saturated carbocycles. The number of thiophene rings is 1. The summed E-state index contributed by atoms with van der Waals surface area (Å²) in [4.78, 5) is 35.3. The molecule has 0 aliphatic carbocycles. The molecule has 1 amide bonds. The minimum absolute atomic E-state index is 0.0944. The molecule has 1 N–H and O–H groups in total. The molecule has 1 aromatic rings. The van der Waals surface area contributed by atoms with E-state index >= 15 is 0 Å². The molecule has 2 heterocycles. The molecule has 2 unspecified atom stereocenters. The zero-order chi connectivity index (χ0) is 15.7. The van der Waals surface area contributed by atoms with Gasteiger partial charge in [-0.1, -0.05) is 25.2 Å². The van der Waals surface area contributed by atoms with Crippen LogP contribution in [0.3, 0.4) is 0 Å². The predicted molar refractivity (Wildman–Crippen MR) is 79.7 cm³/mol. The second-order valence-corrected chi connectivity index (χ2v) is 7.00. The number of hydrogen-bond acceptors (Lipinski definition) is 6. The number of nitrogens with zero attached hydrogens (tertiary/aromatic N) is 2. The molecule has 9 heteroatoms. The van der Waals surface area contributed by atoms with Gasteiger partial charge in [-0.25, -0.2) is 4.79 Å². The second-order valence-electron chi connectivity index (χ2n) is 4.97. The van der Waals surface area contributed by atoms with Crippen molar-refractivity contribution in [1.82, 2.24) is 4.90 Å². The van der Waals surface area contributed by atoms with Gasteiger partial charge in [-0.05, 0) is 5.92 Å². The predicted octanol–water partition coefficient (Wildman–Crippen LogP) is 2.28. The number of nitro groups is 1. The van der Waals surface area contributed by atoms with Crippen molar-refractivity contribution in [3.8, 4) is 0 Å². The summed E-state index contributed by atoms with van der Waals surface area (Å²) in [6.45, 7) is 3.83. The summed E-state index contributed by atoms with van der Waals surface area (Å²) in [5.74, 6) is -1.09. The number of thioether (sulfide) groups is 1. The molecule has 0 aromatic carbocycles. The van der Waals surface area contributed by atoms with E-state index in [1.54, 1.807) is 0 Å².